The molecule has 1 amide bonds. The molecular formula is C21H17N2O3. The third-order valence-corrected chi connectivity index (χ3v) is 4.27. The van der Waals surface area contributed by atoms with Gasteiger partial charge in [0.2, 0.25) is 5.88 Å². The van der Waals surface area contributed by atoms with E-state index >= 15 is 0 Å². The SMILES string of the molecule is NC(=O)c1[c]ccc(Oc2ccc3c(c2)CCC(c2ccccc2)O3)n1. The minimum Gasteiger partial charge on any atom is -0.485 e. The highest BCUT2D eigenvalue weighted by molar-refractivity contribution is 5.90. The highest BCUT2D eigenvalue weighted by atomic mass is 16.5. The molecule has 1 aliphatic heterocycles. The zero-order valence-electron chi connectivity index (χ0n) is 14.0. The minimum absolute atomic E-state index is 0.0505. The molecule has 0 saturated heterocycles. The van der Waals surface area contributed by atoms with Crippen molar-refractivity contribution < 1.29 is 14.3 Å². The van der Waals surface area contributed by atoms with Crippen LogP contribution in [0.15, 0.2) is 60.7 Å². The summed E-state index contributed by atoms with van der Waals surface area (Å²) in [5.74, 6) is 1.17. The summed E-state index contributed by atoms with van der Waals surface area (Å²) in [6, 6.07) is 21.8. The number of fused-ring (bicyclic) bond motifs is 1. The summed E-state index contributed by atoms with van der Waals surface area (Å²) in [6.07, 6.45) is 1.87. The van der Waals surface area contributed by atoms with E-state index in [0.29, 0.717) is 11.6 Å². The standard InChI is InChI=1S/C21H17N2O3/c22-21(24)17-7-4-8-20(23-17)25-16-10-12-19-15(13-16)9-11-18(26-19)14-5-2-1-3-6-14/h1-6,8,10,12-13,18H,9,11H2,(H2,22,24). The monoisotopic (exact) mass is 345 g/mol. The second-order valence-corrected chi connectivity index (χ2v) is 6.07. The van der Waals surface area contributed by atoms with Gasteiger partial charge in [-0.05, 0) is 48.2 Å². The fraction of sp³-hybridized carbons (Fsp3) is 0.143. The summed E-state index contributed by atoms with van der Waals surface area (Å²) in [4.78, 5) is 15.2. The van der Waals surface area contributed by atoms with Crippen LogP contribution in [0.3, 0.4) is 0 Å². The van der Waals surface area contributed by atoms with Crippen LogP contribution in [0.4, 0.5) is 0 Å². The van der Waals surface area contributed by atoms with Gasteiger partial charge < -0.3 is 15.2 Å². The number of carbonyl (C=O) groups excluding carboxylic acids is 1. The number of hydrogen-bond acceptors (Lipinski definition) is 4. The normalized spacial score (nSPS) is 15.6. The van der Waals surface area contributed by atoms with Gasteiger partial charge in [-0.25, -0.2) is 4.98 Å². The lowest BCUT2D eigenvalue weighted by Gasteiger charge is -2.26. The van der Waals surface area contributed by atoms with Crippen molar-refractivity contribution in [3.05, 3.63) is 83.6 Å². The molecule has 3 aromatic rings. The molecule has 26 heavy (non-hydrogen) atoms. The van der Waals surface area contributed by atoms with E-state index in [-0.39, 0.29) is 11.8 Å². The fourth-order valence-electron chi connectivity index (χ4n) is 3.01. The van der Waals surface area contributed by atoms with Crippen molar-refractivity contribution in [1.29, 1.82) is 0 Å². The van der Waals surface area contributed by atoms with Crippen LogP contribution in [0.1, 0.15) is 34.1 Å². The molecule has 5 nitrogen and oxygen atoms in total. The van der Waals surface area contributed by atoms with Crippen molar-refractivity contribution in [3.63, 3.8) is 0 Å². The number of pyridine rings is 1. The second-order valence-electron chi connectivity index (χ2n) is 6.07. The van der Waals surface area contributed by atoms with Crippen molar-refractivity contribution >= 4 is 5.91 Å². The molecule has 0 spiro atoms. The Hall–Kier alpha value is -3.34. The molecule has 1 aromatic heterocycles. The molecule has 129 valence electrons. The molecular weight excluding hydrogens is 328 g/mol. The molecule has 4 rings (SSSR count). The van der Waals surface area contributed by atoms with E-state index in [1.807, 2.05) is 36.4 Å². The first kappa shape index (κ1) is 16.1. The molecule has 1 radical (unpaired) electrons. The quantitative estimate of drug-likeness (QED) is 0.779. The van der Waals surface area contributed by atoms with Gasteiger partial charge in [-0.1, -0.05) is 30.3 Å². The van der Waals surface area contributed by atoms with Crippen molar-refractivity contribution in [2.24, 2.45) is 5.73 Å². The smallest absolute Gasteiger partial charge is 0.268 e. The number of carbonyl (C=O) groups is 1. The molecule has 0 aliphatic carbocycles. The highest BCUT2D eigenvalue weighted by Crippen LogP contribution is 2.37. The Balaban J connectivity index is 1.52. The van der Waals surface area contributed by atoms with Crippen LogP contribution in [0.25, 0.3) is 0 Å². The van der Waals surface area contributed by atoms with Crippen LogP contribution in [0.2, 0.25) is 0 Å². The molecule has 2 aromatic carbocycles. The maximum Gasteiger partial charge on any atom is 0.268 e. The number of aryl methyl sites for hydroxylation is 1. The molecule has 1 unspecified atom stereocenters. The van der Waals surface area contributed by atoms with Crippen LogP contribution in [-0.4, -0.2) is 10.9 Å². The summed E-state index contributed by atoms with van der Waals surface area (Å²) < 4.78 is 11.9. The van der Waals surface area contributed by atoms with Gasteiger partial charge in [0.15, 0.2) is 0 Å². The Morgan fingerprint density at radius 3 is 2.85 bits per heavy atom. The lowest BCUT2D eigenvalue weighted by molar-refractivity contribution is 0.0994. The van der Waals surface area contributed by atoms with Crippen LogP contribution in [0, 0.1) is 6.07 Å². The number of aromatic nitrogens is 1. The van der Waals surface area contributed by atoms with Crippen LogP contribution in [0.5, 0.6) is 17.4 Å². The third kappa shape index (κ3) is 3.37. The van der Waals surface area contributed by atoms with Crippen molar-refractivity contribution in [2.45, 2.75) is 18.9 Å². The Bertz CT molecular complexity index is 941. The largest absolute Gasteiger partial charge is 0.485 e. The van der Waals surface area contributed by atoms with Crippen molar-refractivity contribution in [3.8, 4) is 17.4 Å². The fourth-order valence-corrected chi connectivity index (χ4v) is 3.01. The van der Waals surface area contributed by atoms with Gasteiger partial charge in [-0.2, -0.15) is 0 Å². The zero-order valence-corrected chi connectivity index (χ0v) is 14.0. The molecule has 0 fully saturated rings. The number of hydrogen-bond donors (Lipinski definition) is 1. The summed E-state index contributed by atoms with van der Waals surface area (Å²) >= 11 is 0. The van der Waals surface area contributed by atoms with Crippen LogP contribution in [-0.2, 0) is 6.42 Å². The molecule has 1 aliphatic rings. The molecule has 5 heteroatoms. The van der Waals surface area contributed by atoms with E-state index in [1.165, 1.54) is 5.56 Å². The van der Waals surface area contributed by atoms with Gasteiger partial charge in [0.05, 0.1) is 0 Å². The van der Waals surface area contributed by atoms with Gasteiger partial charge in [0.25, 0.3) is 5.91 Å². The van der Waals surface area contributed by atoms with Crippen LogP contribution < -0.4 is 15.2 Å². The van der Waals surface area contributed by atoms with E-state index in [9.17, 15) is 4.79 Å². The topological polar surface area (TPSA) is 74.4 Å². The van der Waals surface area contributed by atoms with Gasteiger partial charge in [-0.3, -0.25) is 4.79 Å². The van der Waals surface area contributed by atoms with Crippen molar-refractivity contribution in [2.75, 3.05) is 0 Å². The first-order valence-corrected chi connectivity index (χ1v) is 8.40. The van der Waals surface area contributed by atoms with Gasteiger partial charge in [-0.15, -0.1) is 0 Å². The molecule has 2 heterocycles. The summed E-state index contributed by atoms with van der Waals surface area (Å²) in [5, 5.41) is 0. The van der Waals surface area contributed by atoms with E-state index in [2.05, 4.69) is 23.2 Å². The highest BCUT2D eigenvalue weighted by Gasteiger charge is 2.21. The number of nitrogens with zero attached hydrogens (tertiary/aromatic N) is 1. The lowest BCUT2D eigenvalue weighted by atomic mass is 9.97. The molecule has 2 N–H and O–H groups in total. The Morgan fingerprint density at radius 1 is 1.19 bits per heavy atom. The average Bonchev–Trinajstić information content (AvgIpc) is 2.68. The first-order valence-electron chi connectivity index (χ1n) is 8.40. The lowest BCUT2D eigenvalue weighted by Crippen LogP contribution is -2.15. The maximum atomic E-state index is 11.2. The predicted molar refractivity (Wildman–Crippen MR) is 96.2 cm³/mol. The van der Waals surface area contributed by atoms with Gasteiger partial charge in [0, 0.05) is 12.1 Å². The van der Waals surface area contributed by atoms with Gasteiger partial charge >= 0.3 is 0 Å². The molecule has 0 bridgehead atoms. The number of benzene rings is 2. The Kier molecular flexibility index (Phi) is 4.27. The van der Waals surface area contributed by atoms with E-state index in [4.69, 9.17) is 15.2 Å². The second kappa shape index (κ2) is 6.88. The summed E-state index contributed by atoms with van der Waals surface area (Å²) in [5.41, 5.74) is 7.55. The predicted octanol–water partition coefficient (Wildman–Crippen LogP) is 3.84. The third-order valence-electron chi connectivity index (χ3n) is 4.27. The van der Waals surface area contributed by atoms with E-state index in [0.717, 1.165) is 24.2 Å². The van der Waals surface area contributed by atoms with E-state index < -0.39 is 5.91 Å². The van der Waals surface area contributed by atoms with Crippen molar-refractivity contribution in [1.82, 2.24) is 4.98 Å². The number of amides is 1. The minimum atomic E-state index is -0.638. The van der Waals surface area contributed by atoms with Gasteiger partial charge in [0.1, 0.15) is 23.3 Å². The van der Waals surface area contributed by atoms with E-state index in [1.54, 1.807) is 12.1 Å². The van der Waals surface area contributed by atoms with Crippen LogP contribution >= 0.6 is 0 Å². The summed E-state index contributed by atoms with van der Waals surface area (Å²) in [6.45, 7) is 0. The number of rotatable bonds is 4. The number of ether oxygens (including phenoxy) is 2. The number of nitrogens with two attached hydrogens (primary N) is 1. The molecule has 1 atom stereocenters. The maximum absolute atomic E-state index is 11.2. The Morgan fingerprint density at radius 2 is 2.04 bits per heavy atom. The molecule has 0 saturated carbocycles. The Labute approximate surface area is 151 Å². The number of primary amides is 1. The zero-order chi connectivity index (χ0) is 17.9. The average molecular weight is 345 g/mol. The first-order chi connectivity index (χ1) is 12.7. The summed E-state index contributed by atoms with van der Waals surface area (Å²) in [7, 11) is 0.